The highest BCUT2D eigenvalue weighted by Gasteiger charge is 2.26. The van der Waals surface area contributed by atoms with Crippen molar-refractivity contribution in [3.05, 3.63) is 63.7 Å². The Kier molecular flexibility index (Phi) is 3.06. The Morgan fingerprint density at radius 3 is 3.05 bits per heavy atom. The molecule has 1 aromatic carbocycles. The molecule has 2 aromatic rings. The molecular formula is C14H12FN3O2. The summed E-state index contributed by atoms with van der Waals surface area (Å²) in [4.78, 5) is 14.8. The average molecular weight is 273 g/mol. The van der Waals surface area contributed by atoms with Crippen molar-refractivity contribution < 1.29 is 9.31 Å². The predicted octanol–water partition coefficient (Wildman–Crippen LogP) is 3.23. The van der Waals surface area contributed by atoms with Crippen LogP contribution in [0.3, 0.4) is 0 Å². The number of aromatic nitrogens is 1. The SMILES string of the molecule is O=[N+]([O-])c1ccc(F)cc1NC1CCc2cccnc21. The summed E-state index contributed by atoms with van der Waals surface area (Å²) < 4.78 is 13.3. The number of nitro benzene ring substituents is 1. The maximum Gasteiger partial charge on any atom is 0.292 e. The summed E-state index contributed by atoms with van der Waals surface area (Å²) >= 11 is 0. The molecule has 0 aliphatic heterocycles. The van der Waals surface area contributed by atoms with Crippen LogP contribution in [-0.4, -0.2) is 9.91 Å². The van der Waals surface area contributed by atoms with Crippen LogP contribution in [0.4, 0.5) is 15.8 Å². The van der Waals surface area contributed by atoms with Gasteiger partial charge >= 0.3 is 0 Å². The van der Waals surface area contributed by atoms with E-state index < -0.39 is 10.7 Å². The first-order valence-corrected chi connectivity index (χ1v) is 6.29. The van der Waals surface area contributed by atoms with E-state index in [2.05, 4.69) is 10.3 Å². The maximum absolute atomic E-state index is 13.3. The number of hydrogen-bond acceptors (Lipinski definition) is 4. The topological polar surface area (TPSA) is 68.1 Å². The number of nitrogens with zero attached hydrogens (tertiary/aromatic N) is 2. The van der Waals surface area contributed by atoms with Gasteiger partial charge in [0.1, 0.15) is 11.5 Å². The van der Waals surface area contributed by atoms with Crippen LogP contribution >= 0.6 is 0 Å². The molecule has 0 saturated heterocycles. The second-order valence-corrected chi connectivity index (χ2v) is 4.70. The number of pyridine rings is 1. The van der Waals surface area contributed by atoms with E-state index in [0.717, 1.165) is 36.2 Å². The normalized spacial score (nSPS) is 16.8. The number of hydrogen-bond donors (Lipinski definition) is 1. The maximum atomic E-state index is 13.3. The van der Waals surface area contributed by atoms with Crippen molar-refractivity contribution >= 4 is 11.4 Å². The van der Waals surface area contributed by atoms with Crippen LogP contribution in [0, 0.1) is 15.9 Å². The second-order valence-electron chi connectivity index (χ2n) is 4.70. The summed E-state index contributed by atoms with van der Waals surface area (Å²) in [6.45, 7) is 0. The van der Waals surface area contributed by atoms with Gasteiger partial charge < -0.3 is 5.32 Å². The molecule has 0 spiro atoms. The molecule has 3 rings (SSSR count). The highest BCUT2D eigenvalue weighted by Crippen LogP contribution is 2.35. The summed E-state index contributed by atoms with van der Waals surface area (Å²) in [5, 5.41) is 14.0. The summed E-state index contributed by atoms with van der Waals surface area (Å²) in [7, 11) is 0. The zero-order valence-corrected chi connectivity index (χ0v) is 10.5. The van der Waals surface area contributed by atoms with E-state index in [0.29, 0.717) is 0 Å². The number of nitro groups is 1. The number of aryl methyl sites for hydroxylation is 1. The molecule has 6 heteroatoms. The summed E-state index contributed by atoms with van der Waals surface area (Å²) in [6, 6.07) is 7.15. The van der Waals surface area contributed by atoms with Crippen molar-refractivity contribution in [3.63, 3.8) is 0 Å². The number of benzene rings is 1. The number of nitrogens with one attached hydrogen (secondary N) is 1. The van der Waals surface area contributed by atoms with Gasteiger partial charge in [-0.1, -0.05) is 6.07 Å². The number of anilines is 1. The minimum absolute atomic E-state index is 0.119. The van der Waals surface area contributed by atoms with E-state index in [-0.39, 0.29) is 17.4 Å². The zero-order chi connectivity index (χ0) is 14.1. The van der Waals surface area contributed by atoms with Crippen molar-refractivity contribution in [1.82, 2.24) is 4.98 Å². The monoisotopic (exact) mass is 273 g/mol. The van der Waals surface area contributed by atoms with E-state index in [1.165, 1.54) is 6.07 Å². The Morgan fingerprint density at radius 1 is 1.40 bits per heavy atom. The number of halogens is 1. The van der Waals surface area contributed by atoms with Gasteiger partial charge in [0.15, 0.2) is 0 Å². The molecule has 0 fully saturated rings. The molecule has 0 radical (unpaired) electrons. The van der Waals surface area contributed by atoms with Crippen molar-refractivity contribution in [3.8, 4) is 0 Å². The molecule has 5 nitrogen and oxygen atoms in total. The Morgan fingerprint density at radius 2 is 2.25 bits per heavy atom. The lowest BCUT2D eigenvalue weighted by Gasteiger charge is -2.14. The molecule has 1 aliphatic carbocycles. The van der Waals surface area contributed by atoms with Crippen molar-refractivity contribution in [2.45, 2.75) is 18.9 Å². The van der Waals surface area contributed by atoms with Crippen LogP contribution < -0.4 is 5.32 Å². The molecule has 1 heterocycles. The predicted molar refractivity (Wildman–Crippen MR) is 72.0 cm³/mol. The molecule has 20 heavy (non-hydrogen) atoms. The van der Waals surface area contributed by atoms with E-state index >= 15 is 0 Å². The van der Waals surface area contributed by atoms with E-state index in [1.807, 2.05) is 12.1 Å². The van der Waals surface area contributed by atoms with Gasteiger partial charge in [0.25, 0.3) is 5.69 Å². The fourth-order valence-electron chi connectivity index (χ4n) is 2.52. The first kappa shape index (κ1) is 12.5. The van der Waals surface area contributed by atoms with Gasteiger partial charge in [0.05, 0.1) is 16.7 Å². The van der Waals surface area contributed by atoms with Gasteiger partial charge in [0.2, 0.25) is 0 Å². The molecular weight excluding hydrogens is 261 g/mol. The van der Waals surface area contributed by atoms with Gasteiger partial charge in [-0.15, -0.1) is 0 Å². The van der Waals surface area contributed by atoms with Gasteiger partial charge in [-0.05, 0) is 30.5 Å². The van der Waals surface area contributed by atoms with E-state index in [4.69, 9.17) is 0 Å². The lowest BCUT2D eigenvalue weighted by atomic mass is 10.2. The molecule has 0 saturated carbocycles. The van der Waals surface area contributed by atoms with Gasteiger partial charge in [-0.3, -0.25) is 15.1 Å². The zero-order valence-electron chi connectivity index (χ0n) is 10.5. The summed E-state index contributed by atoms with van der Waals surface area (Å²) in [5.41, 5.74) is 2.07. The highest BCUT2D eigenvalue weighted by atomic mass is 19.1. The third-order valence-corrected chi connectivity index (χ3v) is 3.44. The standard InChI is InChI=1S/C14H12FN3O2/c15-10-4-6-13(18(19)20)12(8-10)17-11-5-3-9-2-1-7-16-14(9)11/h1-2,4,6-8,11,17H,3,5H2. The Bertz CT molecular complexity index is 675. The second kappa shape index (κ2) is 4.88. The smallest absolute Gasteiger partial charge is 0.292 e. The summed E-state index contributed by atoms with van der Waals surface area (Å²) in [5.74, 6) is -0.502. The first-order valence-electron chi connectivity index (χ1n) is 6.29. The first-order chi connectivity index (χ1) is 9.65. The Hall–Kier alpha value is -2.50. The lowest BCUT2D eigenvalue weighted by molar-refractivity contribution is -0.384. The van der Waals surface area contributed by atoms with Crippen LogP contribution in [0.1, 0.15) is 23.7 Å². The van der Waals surface area contributed by atoms with Crippen molar-refractivity contribution in [2.24, 2.45) is 0 Å². The lowest BCUT2D eigenvalue weighted by Crippen LogP contribution is -2.10. The number of fused-ring (bicyclic) bond motifs is 1. The highest BCUT2D eigenvalue weighted by molar-refractivity contribution is 5.62. The van der Waals surface area contributed by atoms with Crippen LogP contribution in [0.5, 0.6) is 0 Å². The van der Waals surface area contributed by atoms with E-state index in [9.17, 15) is 14.5 Å². The quantitative estimate of drug-likeness (QED) is 0.688. The molecule has 102 valence electrons. The third kappa shape index (κ3) is 2.20. The molecule has 1 aliphatic rings. The van der Waals surface area contributed by atoms with Gasteiger partial charge in [0, 0.05) is 18.3 Å². The van der Waals surface area contributed by atoms with Crippen LogP contribution in [0.2, 0.25) is 0 Å². The van der Waals surface area contributed by atoms with Gasteiger partial charge in [-0.25, -0.2) is 4.39 Å². The van der Waals surface area contributed by atoms with E-state index in [1.54, 1.807) is 6.20 Å². The molecule has 1 unspecified atom stereocenters. The molecule has 1 atom stereocenters. The number of rotatable bonds is 3. The molecule has 1 aromatic heterocycles. The minimum Gasteiger partial charge on any atom is -0.371 e. The van der Waals surface area contributed by atoms with Crippen LogP contribution in [0.15, 0.2) is 36.5 Å². The van der Waals surface area contributed by atoms with Crippen molar-refractivity contribution in [1.29, 1.82) is 0 Å². The Balaban J connectivity index is 1.93. The molecule has 0 amide bonds. The molecule has 0 bridgehead atoms. The van der Waals surface area contributed by atoms with Crippen LogP contribution in [0.25, 0.3) is 0 Å². The minimum atomic E-state index is -0.518. The fraction of sp³-hybridized carbons (Fsp3) is 0.214. The third-order valence-electron chi connectivity index (χ3n) is 3.44. The summed E-state index contributed by atoms with van der Waals surface area (Å²) in [6.07, 6.45) is 3.35. The Labute approximate surface area is 114 Å². The largest absolute Gasteiger partial charge is 0.371 e. The average Bonchev–Trinajstić information content (AvgIpc) is 2.82. The van der Waals surface area contributed by atoms with Gasteiger partial charge in [-0.2, -0.15) is 0 Å². The molecule has 1 N–H and O–H groups in total. The van der Waals surface area contributed by atoms with Crippen molar-refractivity contribution in [2.75, 3.05) is 5.32 Å². The fourth-order valence-corrected chi connectivity index (χ4v) is 2.52. The van der Waals surface area contributed by atoms with Crippen LogP contribution in [-0.2, 0) is 6.42 Å².